The van der Waals surface area contributed by atoms with Gasteiger partial charge in [0.15, 0.2) is 0 Å². The largest absolute Gasteiger partial charge is 0.497 e. The Morgan fingerprint density at radius 3 is 2.48 bits per heavy atom. The average Bonchev–Trinajstić information content (AvgIpc) is 3.38. The van der Waals surface area contributed by atoms with Gasteiger partial charge in [0.1, 0.15) is 17.2 Å². The predicted molar refractivity (Wildman–Crippen MR) is 124 cm³/mol. The lowest BCUT2D eigenvalue weighted by atomic mass is 9.96. The highest BCUT2D eigenvalue weighted by Crippen LogP contribution is 2.33. The molecule has 1 atom stereocenters. The Labute approximate surface area is 192 Å². The summed E-state index contributed by atoms with van der Waals surface area (Å²) in [6, 6.07) is 13.3. The maximum absolute atomic E-state index is 13.3. The number of rotatable bonds is 7. The van der Waals surface area contributed by atoms with Gasteiger partial charge in [-0.15, -0.1) is 0 Å². The van der Waals surface area contributed by atoms with Crippen LogP contribution in [0.1, 0.15) is 12.8 Å². The second kappa shape index (κ2) is 9.81. The smallest absolute Gasteiger partial charge is 0.324 e. The normalized spacial score (nSPS) is 15.8. The number of nitrogens with zero attached hydrogens (tertiary/aromatic N) is 4. The Bertz CT molecular complexity index is 1100. The number of amides is 1. The highest BCUT2D eigenvalue weighted by atomic mass is 16.5. The van der Waals surface area contributed by atoms with Gasteiger partial charge in [-0.1, -0.05) is 5.16 Å². The first-order chi connectivity index (χ1) is 16.0. The van der Waals surface area contributed by atoms with Crippen molar-refractivity contribution in [2.75, 3.05) is 51.3 Å². The number of anilines is 2. The molecule has 2 heterocycles. The first kappa shape index (κ1) is 22.4. The fourth-order valence-electron chi connectivity index (χ4n) is 4.01. The molecule has 1 fully saturated rings. The standard InChI is InChI=1S/C24H28N4O5/c1-27(20-12-11-19(31-3)14-21(20)32-4)23(29)17-6-5-13-28(15-17)24-25-22(26-33-24)16-7-9-18(30-2)10-8-16/h7-12,14,17H,5-6,13,15H2,1-4H3. The number of carbonyl (C=O) groups is 1. The molecular formula is C24H28N4O5. The van der Waals surface area contributed by atoms with Crippen molar-refractivity contribution < 1.29 is 23.5 Å². The maximum atomic E-state index is 13.3. The molecule has 2 aromatic carbocycles. The first-order valence-electron chi connectivity index (χ1n) is 10.8. The van der Waals surface area contributed by atoms with Gasteiger partial charge < -0.3 is 28.5 Å². The van der Waals surface area contributed by atoms with Crippen molar-refractivity contribution in [2.24, 2.45) is 5.92 Å². The van der Waals surface area contributed by atoms with Gasteiger partial charge in [-0.05, 0) is 49.2 Å². The molecular weight excluding hydrogens is 424 g/mol. The molecule has 33 heavy (non-hydrogen) atoms. The van der Waals surface area contributed by atoms with E-state index in [2.05, 4.69) is 10.1 Å². The number of piperidine rings is 1. The molecule has 9 heteroatoms. The summed E-state index contributed by atoms with van der Waals surface area (Å²) in [4.78, 5) is 21.5. The SMILES string of the molecule is COc1ccc(-c2noc(N3CCCC(C(=O)N(C)c4ccc(OC)cc4OC)C3)n2)cc1. The molecule has 1 aromatic heterocycles. The van der Waals surface area contributed by atoms with Crippen molar-refractivity contribution in [2.45, 2.75) is 12.8 Å². The third kappa shape index (κ3) is 4.72. The quantitative estimate of drug-likeness (QED) is 0.537. The average molecular weight is 453 g/mol. The molecule has 4 rings (SSSR count). The van der Waals surface area contributed by atoms with E-state index >= 15 is 0 Å². The van der Waals surface area contributed by atoms with Crippen LogP contribution in [0.15, 0.2) is 47.0 Å². The summed E-state index contributed by atoms with van der Waals surface area (Å²) >= 11 is 0. The molecule has 0 saturated carbocycles. The summed E-state index contributed by atoms with van der Waals surface area (Å²) in [5, 5.41) is 4.12. The van der Waals surface area contributed by atoms with E-state index in [0.29, 0.717) is 35.6 Å². The van der Waals surface area contributed by atoms with Crippen molar-refractivity contribution in [1.82, 2.24) is 10.1 Å². The van der Waals surface area contributed by atoms with Gasteiger partial charge in [0.2, 0.25) is 11.7 Å². The summed E-state index contributed by atoms with van der Waals surface area (Å²) in [5.74, 6) is 2.33. The number of aromatic nitrogens is 2. The van der Waals surface area contributed by atoms with Gasteiger partial charge in [0.25, 0.3) is 0 Å². The van der Waals surface area contributed by atoms with Crippen LogP contribution >= 0.6 is 0 Å². The molecule has 3 aromatic rings. The van der Waals surface area contributed by atoms with E-state index in [1.807, 2.05) is 41.3 Å². The Balaban J connectivity index is 1.47. The minimum absolute atomic E-state index is 0.0121. The molecule has 0 radical (unpaired) electrons. The first-order valence-corrected chi connectivity index (χ1v) is 10.8. The van der Waals surface area contributed by atoms with E-state index < -0.39 is 0 Å². The lowest BCUT2D eigenvalue weighted by molar-refractivity contribution is -0.122. The van der Waals surface area contributed by atoms with Crippen LogP contribution in [-0.4, -0.2) is 57.5 Å². The number of methoxy groups -OCH3 is 3. The monoisotopic (exact) mass is 452 g/mol. The van der Waals surface area contributed by atoms with Crippen LogP contribution in [0.2, 0.25) is 0 Å². The Morgan fingerprint density at radius 2 is 1.79 bits per heavy atom. The summed E-state index contributed by atoms with van der Waals surface area (Å²) in [6.45, 7) is 1.26. The van der Waals surface area contributed by atoms with E-state index in [1.54, 1.807) is 39.3 Å². The van der Waals surface area contributed by atoms with Crippen LogP contribution in [0.3, 0.4) is 0 Å². The fraction of sp³-hybridized carbons (Fsp3) is 0.375. The van der Waals surface area contributed by atoms with E-state index in [1.165, 1.54) is 0 Å². The predicted octanol–water partition coefficient (Wildman–Crippen LogP) is 3.64. The molecule has 9 nitrogen and oxygen atoms in total. The fourth-order valence-corrected chi connectivity index (χ4v) is 4.01. The number of ether oxygens (including phenoxy) is 3. The van der Waals surface area contributed by atoms with Crippen molar-refractivity contribution >= 4 is 17.6 Å². The third-order valence-corrected chi connectivity index (χ3v) is 5.88. The summed E-state index contributed by atoms with van der Waals surface area (Å²) < 4.78 is 21.4. The topological polar surface area (TPSA) is 90.2 Å². The summed E-state index contributed by atoms with van der Waals surface area (Å²) in [6.07, 6.45) is 1.64. The van der Waals surface area contributed by atoms with Crippen LogP contribution in [0, 0.1) is 5.92 Å². The molecule has 1 saturated heterocycles. The molecule has 1 amide bonds. The number of hydrogen-bond donors (Lipinski definition) is 0. The zero-order valence-corrected chi connectivity index (χ0v) is 19.3. The van der Waals surface area contributed by atoms with Crippen LogP contribution in [-0.2, 0) is 4.79 Å². The van der Waals surface area contributed by atoms with Gasteiger partial charge in [0.05, 0.1) is 32.9 Å². The Kier molecular flexibility index (Phi) is 6.67. The van der Waals surface area contributed by atoms with Gasteiger partial charge >= 0.3 is 6.01 Å². The van der Waals surface area contributed by atoms with E-state index in [4.69, 9.17) is 18.7 Å². The molecule has 0 N–H and O–H groups in total. The van der Waals surface area contributed by atoms with Crippen LogP contribution in [0.25, 0.3) is 11.4 Å². The summed E-state index contributed by atoms with van der Waals surface area (Å²) in [5.41, 5.74) is 1.53. The maximum Gasteiger partial charge on any atom is 0.324 e. The second-order valence-electron chi connectivity index (χ2n) is 7.85. The Hall–Kier alpha value is -3.75. The molecule has 1 aliphatic rings. The summed E-state index contributed by atoms with van der Waals surface area (Å²) in [7, 11) is 6.56. The van der Waals surface area contributed by atoms with Gasteiger partial charge in [-0.3, -0.25) is 4.79 Å². The van der Waals surface area contributed by atoms with Gasteiger partial charge in [-0.25, -0.2) is 0 Å². The lowest BCUT2D eigenvalue weighted by Gasteiger charge is -2.33. The highest BCUT2D eigenvalue weighted by molar-refractivity contribution is 5.96. The zero-order chi connectivity index (χ0) is 23.4. The molecule has 0 bridgehead atoms. The number of carbonyl (C=O) groups excluding carboxylic acids is 1. The van der Waals surface area contributed by atoms with Crippen LogP contribution in [0.4, 0.5) is 11.7 Å². The molecule has 1 aliphatic heterocycles. The van der Waals surface area contributed by atoms with E-state index in [-0.39, 0.29) is 11.8 Å². The number of hydrogen-bond acceptors (Lipinski definition) is 8. The molecule has 1 unspecified atom stereocenters. The molecule has 0 spiro atoms. The van der Waals surface area contributed by atoms with Crippen molar-refractivity contribution in [3.63, 3.8) is 0 Å². The van der Waals surface area contributed by atoms with Gasteiger partial charge in [-0.2, -0.15) is 4.98 Å². The van der Waals surface area contributed by atoms with Gasteiger partial charge in [0, 0.05) is 31.8 Å². The lowest BCUT2D eigenvalue weighted by Crippen LogP contribution is -2.44. The van der Waals surface area contributed by atoms with E-state index in [0.717, 1.165) is 30.7 Å². The Morgan fingerprint density at radius 1 is 1.06 bits per heavy atom. The minimum atomic E-state index is -0.202. The zero-order valence-electron chi connectivity index (χ0n) is 19.3. The van der Waals surface area contributed by atoms with Crippen molar-refractivity contribution in [1.29, 1.82) is 0 Å². The van der Waals surface area contributed by atoms with Crippen molar-refractivity contribution in [3.8, 4) is 28.6 Å². The highest BCUT2D eigenvalue weighted by Gasteiger charge is 2.31. The second-order valence-corrected chi connectivity index (χ2v) is 7.85. The minimum Gasteiger partial charge on any atom is -0.497 e. The van der Waals surface area contributed by atoms with Crippen LogP contribution < -0.4 is 24.0 Å². The van der Waals surface area contributed by atoms with Crippen LogP contribution in [0.5, 0.6) is 17.2 Å². The van der Waals surface area contributed by atoms with E-state index in [9.17, 15) is 4.79 Å². The third-order valence-electron chi connectivity index (χ3n) is 5.88. The molecule has 0 aliphatic carbocycles. The van der Waals surface area contributed by atoms with Crippen molar-refractivity contribution in [3.05, 3.63) is 42.5 Å². The molecule has 174 valence electrons. The number of benzene rings is 2.